The first-order valence-electron chi connectivity index (χ1n) is 1.76. The Labute approximate surface area is 72.2 Å². The maximum absolute atomic E-state index is 9.08. The first kappa shape index (κ1) is 18.4. The van der Waals surface area contributed by atoms with E-state index in [1.807, 2.05) is 0 Å². The molecule has 0 rings (SSSR count). The van der Waals surface area contributed by atoms with Crippen molar-refractivity contribution in [3.63, 3.8) is 0 Å². The molecule has 0 bridgehead atoms. The van der Waals surface area contributed by atoms with E-state index in [4.69, 9.17) is 46.3 Å². The summed E-state index contributed by atoms with van der Waals surface area (Å²) in [6.07, 6.45) is 0. The smallest absolute Gasteiger partial charge is 0.264 e. The minimum Gasteiger partial charge on any atom is -0.264 e. The third-order valence-corrected chi connectivity index (χ3v) is 0.283. The molecule has 0 aromatic rings. The average Bonchev–Trinajstić information content (AvgIpc) is 1.87. The van der Waals surface area contributed by atoms with Gasteiger partial charge in [-0.3, -0.25) is 24.2 Å². The van der Waals surface area contributed by atoms with Crippen molar-refractivity contribution in [2.24, 2.45) is 0 Å². The summed E-state index contributed by atoms with van der Waals surface area (Å²) in [7, 11) is -9.27. The van der Waals surface area contributed by atoms with Gasteiger partial charge in [0.25, 0.3) is 0 Å². The lowest BCUT2D eigenvalue weighted by Gasteiger charge is -1.79. The van der Waals surface area contributed by atoms with Gasteiger partial charge in [0.1, 0.15) is 0 Å². The van der Waals surface area contributed by atoms with Crippen LogP contribution in [0.1, 0.15) is 0 Å². The Balaban J connectivity index is -0.000000131. The van der Waals surface area contributed by atoms with Gasteiger partial charge < -0.3 is 0 Å². The second-order valence-corrected chi connectivity index (χ2v) is 2.85. The van der Waals surface area contributed by atoms with Crippen LogP contribution in [0.15, 0.2) is 0 Å². The van der Waals surface area contributed by atoms with Crippen molar-refractivity contribution in [3.8, 4) is 0 Å². The lowest BCUT2D eigenvalue weighted by Crippen LogP contribution is -1.97. The topological polar surface area (TPSA) is 199 Å². The highest BCUT2D eigenvalue weighted by molar-refractivity contribution is 7.80. The number of rotatable bonds is 1. The van der Waals surface area contributed by atoms with Gasteiger partial charge in [0.05, 0.1) is 0 Å². The fourth-order valence-corrected chi connectivity index (χ4v) is 0. The summed E-state index contributed by atoms with van der Waals surface area (Å²) in [6, 6.07) is 0. The normalized spacial score (nSPS) is 10.3. The van der Waals surface area contributed by atoms with E-state index in [9.17, 15) is 0 Å². The Hall–Kier alpha value is -0.380. The van der Waals surface area contributed by atoms with Crippen molar-refractivity contribution in [1.29, 1.82) is 0 Å². The van der Waals surface area contributed by atoms with E-state index in [-0.39, 0.29) is 0 Å². The summed E-state index contributed by atoms with van der Waals surface area (Å²) >= 11 is 0. The van der Waals surface area contributed by atoms with Gasteiger partial charge in [-0.1, -0.05) is 4.33 Å². The molecule has 0 amide bonds. The summed E-state index contributed by atoms with van der Waals surface area (Å²) in [5, 5.41) is 19.1. The molecule has 0 radical (unpaired) electrons. The van der Waals surface area contributed by atoms with E-state index in [2.05, 4.69) is 4.33 Å². The molecule has 0 heterocycles. The fourth-order valence-electron chi connectivity index (χ4n) is 0. The van der Waals surface area contributed by atoms with E-state index in [1.54, 1.807) is 0 Å². The maximum atomic E-state index is 9.08. The zero-order valence-electron chi connectivity index (χ0n) is 5.54. The highest BCUT2D eigenvalue weighted by Gasteiger charge is 1.97. The van der Waals surface area contributed by atoms with Gasteiger partial charge in [-0.05, 0) is 0 Å². The first-order chi connectivity index (χ1) is 5.56. The van der Waals surface area contributed by atoms with Gasteiger partial charge in [0.2, 0.25) is 0 Å². The lowest BCUT2D eigenvalue weighted by atomic mass is 15.0. The summed E-state index contributed by atoms with van der Waals surface area (Å²) in [4.78, 5) is 0. The molecule has 13 heteroatoms. The minimum absolute atomic E-state index is 2.47. The summed E-state index contributed by atoms with van der Waals surface area (Å²) < 4.78 is 59.5. The summed E-state index contributed by atoms with van der Waals surface area (Å²) in [6.45, 7) is 0. The highest BCUT2D eigenvalue weighted by Crippen LogP contribution is 1.74. The Morgan fingerprint density at radius 3 is 0.923 bits per heavy atom. The number of hydrogen-bond donors (Lipinski definition) is 6. The standard InChI is InChI=1S/H2O5S.H2O4S.H2O2/c1-5-6(2,3)4;1-5(2,3)4;1-2/h1H,(H,2,3,4);(H2,1,2,3,4);1-2H. The van der Waals surface area contributed by atoms with Gasteiger partial charge in [-0.15, -0.1) is 0 Å². The molecule has 0 aliphatic heterocycles. The van der Waals surface area contributed by atoms with Crippen LogP contribution in [0.3, 0.4) is 0 Å². The van der Waals surface area contributed by atoms with Gasteiger partial charge in [0, 0.05) is 0 Å². The quantitative estimate of drug-likeness (QED) is 0.181. The van der Waals surface area contributed by atoms with E-state index in [0.717, 1.165) is 0 Å². The zero-order chi connectivity index (χ0) is 11.7. The molecule has 0 aliphatic carbocycles. The van der Waals surface area contributed by atoms with Crippen molar-refractivity contribution in [1.82, 2.24) is 0 Å². The van der Waals surface area contributed by atoms with E-state index < -0.39 is 20.8 Å². The van der Waals surface area contributed by atoms with Crippen LogP contribution in [-0.2, 0) is 25.1 Å². The van der Waals surface area contributed by atoms with Crippen LogP contribution in [0.2, 0.25) is 0 Å². The summed E-state index contributed by atoms with van der Waals surface area (Å²) in [5.41, 5.74) is 0. The molecule has 0 unspecified atom stereocenters. The average molecular weight is 246 g/mol. The van der Waals surface area contributed by atoms with Gasteiger partial charge in [0.15, 0.2) is 0 Å². The molecule has 0 saturated heterocycles. The van der Waals surface area contributed by atoms with Gasteiger partial charge in [-0.2, -0.15) is 16.8 Å². The maximum Gasteiger partial charge on any atom is 0.423 e. The van der Waals surface area contributed by atoms with E-state index in [0.29, 0.717) is 0 Å². The van der Waals surface area contributed by atoms with Crippen LogP contribution in [0.5, 0.6) is 0 Å². The van der Waals surface area contributed by atoms with Crippen LogP contribution in [-0.4, -0.2) is 46.3 Å². The van der Waals surface area contributed by atoms with E-state index in [1.165, 1.54) is 0 Å². The Morgan fingerprint density at radius 2 is 0.923 bits per heavy atom. The second kappa shape index (κ2) is 8.23. The van der Waals surface area contributed by atoms with Crippen LogP contribution < -0.4 is 0 Å². The molecule has 84 valence electrons. The molecule has 0 saturated carbocycles. The predicted octanol–water partition coefficient (Wildman–Crippen LogP) is -1.36. The molecule has 0 fully saturated rings. The van der Waals surface area contributed by atoms with Gasteiger partial charge >= 0.3 is 20.8 Å². The molecule has 0 aliphatic rings. The molecule has 0 aromatic carbocycles. The monoisotopic (exact) mass is 246 g/mol. The van der Waals surface area contributed by atoms with Crippen molar-refractivity contribution in [2.75, 3.05) is 0 Å². The SMILES string of the molecule is O=S(=O)(O)O.O=S(=O)(O)OO.OO. The van der Waals surface area contributed by atoms with Crippen LogP contribution in [0.4, 0.5) is 0 Å². The zero-order valence-corrected chi connectivity index (χ0v) is 7.17. The first-order valence-corrected chi connectivity index (χ1v) is 4.53. The van der Waals surface area contributed by atoms with Crippen molar-refractivity contribution < 1.29 is 50.6 Å². The molecular formula is H6O11S2. The van der Waals surface area contributed by atoms with Crippen LogP contribution in [0, 0.1) is 0 Å². The molecule has 0 atom stereocenters. The Morgan fingerprint density at radius 1 is 0.846 bits per heavy atom. The Bertz CT molecular complexity index is 255. The van der Waals surface area contributed by atoms with Gasteiger partial charge in [-0.25, -0.2) is 5.26 Å². The molecule has 0 aromatic heterocycles. The van der Waals surface area contributed by atoms with Crippen LogP contribution >= 0.6 is 0 Å². The molecular weight excluding hydrogens is 240 g/mol. The highest BCUT2D eigenvalue weighted by atomic mass is 32.3. The van der Waals surface area contributed by atoms with Crippen molar-refractivity contribution >= 4 is 20.8 Å². The predicted molar refractivity (Wildman–Crippen MR) is 34.7 cm³/mol. The molecule has 0 spiro atoms. The Kier molecular flexibility index (Phi) is 11.7. The number of hydrogen-bond acceptors (Lipinski definition) is 8. The largest absolute Gasteiger partial charge is 0.423 e. The third-order valence-electron chi connectivity index (χ3n) is 0.0942. The van der Waals surface area contributed by atoms with Crippen molar-refractivity contribution in [2.45, 2.75) is 0 Å². The fraction of sp³-hybridized carbons (Fsp3) is 0. The molecule has 11 nitrogen and oxygen atoms in total. The van der Waals surface area contributed by atoms with Crippen LogP contribution in [0.25, 0.3) is 0 Å². The van der Waals surface area contributed by atoms with Crippen molar-refractivity contribution in [3.05, 3.63) is 0 Å². The minimum atomic E-state index is -4.67. The second-order valence-electron chi connectivity index (χ2n) is 0.950. The molecule has 13 heavy (non-hydrogen) atoms. The summed E-state index contributed by atoms with van der Waals surface area (Å²) in [5.74, 6) is 0. The van der Waals surface area contributed by atoms with E-state index >= 15 is 0 Å². The lowest BCUT2D eigenvalue weighted by molar-refractivity contribution is -0.176. The molecule has 6 N–H and O–H groups in total. The third kappa shape index (κ3) is 157.